The fourth-order valence-electron chi connectivity index (χ4n) is 1.49. The zero-order chi connectivity index (χ0) is 11.8. The monoisotopic (exact) mass is 341 g/mol. The standard InChI is InChI=1S/C8H9Br2NO4/c1-8(11(13)14)3-4(9)6(12)5(10)7(8)15-2/h3,5,7H,1-2H3. The molecule has 3 atom stereocenters. The molecule has 5 nitrogen and oxygen atoms in total. The van der Waals surface area contributed by atoms with E-state index < -0.39 is 21.4 Å². The van der Waals surface area contributed by atoms with Crippen molar-refractivity contribution in [2.45, 2.75) is 23.4 Å². The molecule has 0 fully saturated rings. The third-order valence-corrected chi connectivity index (χ3v) is 3.91. The average molecular weight is 343 g/mol. The normalized spacial score (nSPS) is 36.3. The van der Waals surface area contributed by atoms with Crippen LogP contribution in [0.4, 0.5) is 0 Å². The zero-order valence-corrected chi connectivity index (χ0v) is 11.2. The Morgan fingerprint density at radius 3 is 2.60 bits per heavy atom. The smallest absolute Gasteiger partial charge is 0.266 e. The number of halogens is 2. The van der Waals surface area contributed by atoms with Gasteiger partial charge in [0.2, 0.25) is 0 Å². The number of hydrogen-bond acceptors (Lipinski definition) is 4. The van der Waals surface area contributed by atoms with Gasteiger partial charge in [-0.05, 0) is 15.9 Å². The first-order valence-corrected chi connectivity index (χ1v) is 5.79. The number of Topliss-reactive ketones (excluding diaryl/α,β-unsaturated/α-hetero) is 1. The number of rotatable bonds is 2. The molecule has 0 N–H and O–H groups in total. The van der Waals surface area contributed by atoms with Crippen molar-refractivity contribution < 1.29 is 14.5 Å². The fraction of sp³-hybridized carbons (Fsp3) is 0.625. The van der Waals surface area contributed by atoms with Crippen LogP contribution in [0.2, 0.25) is 0 Å². The highest BCUT2D eigenvalue weighted by molar-refractivity contribution is 9.12. The first-order chi connectivity index (χ1) is 6.84. The Morgan fingerprint density at radius 2 is 2.20 bits per heavy atom. The maximum atomic E-state index is 11.5. The molecule has 84 valence electrons. The van der Waals surface area contributed by atoms with Crippen molar-refractivity contribution in [1.82, 2.24) is 0 Å². The molecule has 0 saturated carbocycles. The molecule has 3 unspecified atom stereocenters. The number of nitrogens with zero attached hydrogens (tertiary/aromatic N) is 1. The van der Waals surface area contributed by atoms with Gasteiger partial charge < -0.3 is 4.74 Å². The van der Waals surface area contributed by atoms with Gasteiger partial charge in [-0.25, -0.2) is 0 Å². The summed E-state index contributed by atoms with van der Waals surface area (Å²) in [5, 5.41) is 11.0. The summed E-state index contributed by atoms with van der Waals surface area (Å²) in [6, 6.07) is 0. The maximum absolute atomic E-state index is 11.5. The number of ketones is 1. The van der Waals surface area contributed by atoms with Gasteiger partial charge in [0, 0.05) is 25.0 Å². The molecule has 15 heavy (non-hydrogen) atoms. The predicted octanol–water partition coefficient (Wildman–Crippen LogP) is 1.66. The molecule has 0 amide bonds. The summed E-state index contributed by atoms with van der Waals surface area (Å²) in [6.45, 7) is 1.42. The summed E-state index contributed by atoms with van der Waals surface area (Å²) < 4.78 is 5.23. The summed E-state index contributed by atoms with van der Waals surface area (Å²) in [6.07, 6.45) is 0.461. The molecule has 1 rings (SSSR count). The van der Waals surface area contributed by atoms with Gasteiger partial charge >= 0.3 is 0 Å². The number of allylic oxidation sites excluding steroid dienone is 1. The van der Waals surface area contributed by atoms with E-state index in [1.807, 2.05) is 0 Å². The van der Waals surface area contributed by atoms with Crippen molar-refractivity contribution in [2.75, 3.05) is 7.11 Å². The Morgan fingerprint density at radius 1 is 1.67 bits per heavy atom. The predicted molar refractivity (Wildman–Crippen MR) is 60.9 cm³/mol. The lowest BCUT2D eigenvalue weighted by atomic mass is 9.86. The fourth-order valence-corrected chi connectivity index (χ4v) is 3.50. The Kier molecular flexibility index (Phi) is 3.67. The van der Waals surface area contributed by atoms with Crippen molar-refractivity contribution in [3.63, 3.8) is 0 Å². The topological polar surface area (TPSA) is 69.4 Å². The number of alkyl halides is 1. The first-order valence-electron chi connectivity index (χ1n) is 4.08. The van der Waals surface area contributed by atoms with Crippen LogP contribution in [0.15, 0.2) is 10.6 Å². The molecule has 0 bridgehead atoms. The Labute approximate surface area is 103 Å². The van der Waals surface area contributed by atoms with E-state index in [4.69, 9.17) is 4.74 Å². The third-order valence-electron chi connectivity index (χ3n) is 2.39. The van der Waals surface area contributed by atoms with E-state index in [-0.39, 0.29) is 10.3 Å². The van der Waals surface area contributed by atoms with Gasteiger partial charge in [0.05, 0.1) is 4.48 Å². The van der Waals surface area contributed by atoms with E-state index in [1.54, 1.807) is 0 Å². The van der Waals surface area contributed by atoms with Gasteiger partial charge in [0.15, 0.2) is 11.9 Å². The minimum Gasteiger partial charge on any atom is -0.372 e. The van der Waals surface area contributed by atoms with Crippen molar-refractivity contribution >= 4 is 37.6 Å². The molecular formula is C8H9Br2NO4. The Bertz CT molecular complexity index is 344. The molecule has 0 radical (unpaired) electrons. The van der Waals surface area contributed by atoms with Crippen LogP contribution in [0, 0.1) is 10.1 Å². The highest BCUT2D eigenvalue weighted by Crippen LogP contribution is 2.35. The quantitative estimate of drug-likeness (QED) is 0.435. The van der Waals surface area contributed by atoms with Gasteiger partial charge in [0.1, 0.15) is 4.83 Å². The molecule has 0 aromatic carbocycles. The van der Waals surface area contributed by atoms with Crippen LogP contribution in [0.25, 0.3) is 0 Å². The number of ether oxygens (including phenoxy) is 1. The van der Waals surface area contributed by atoms with E-state index in [0.29, 0.717) is 0 Å². The molecule has 1 aliphatic carbocycles. The van der Waals surface area contributed by atoms with Gasteiger partial charge in [-0.3, -0.25) is 14.9 Å². The van der Waals surface area contributed by atoms with Crippen LogP contribution < -0.4 is 0 Å². The molecule has 0 saturated heterocycles. The molecule has 0 spiro atoms. The van der Waals surface area contributed by atoms with Gasteiger partial charge in [-0.15, -0.1) is 0 Å². The number of nitro groups is 1. The maximum Gasteiger partial charge on any atom is 0.266 e. The average Bonchev–Trinajstić information content (AvgIpc) is 2.15. The zero-order valence-electron chi connectivity index (χ0n) is 8.07. The molecule has 0 heterocycles. The number of methoxy groups -OCH3 is 1. The lowest BCUT2D eigenvalue weighted by Gasteiger charge is -2.32. The van der Waals surface area contributed by atoms with Crippen LogP contribution in [0.3, 0.4) is 0 Å². The molecule has 7 heteroatoms. The number of carbonyl (C=O) groups is 1. The second kappa shape index (κ2) is 4.31. The van der Waals surface area contributed by atoms with Crippen molar-refractivity contribution in [3.05, 3.63) is 20.7 Å². The van der Waals surface area contributed by atoms with Crippen LogP contribution in [-0.2, 0) is 9.53 Å². The number of carbonyl (C=O) groups excluding carboxylic acids is 1. The summed E-state index contributed by atoms with van der Waals surface area (Å²) in [4.78, 5) is 21.3. The summed E-state index contributed by atoms with van der Waals surface area (Å²) in [5.41, 5.74) is -1.41. The Balaban J connectivity index is 3.26. The lowest BCUT2D eigenvalue weighted by molar-refractivity contribution is -0.563. The van der Waals surface area contributed by atoms with E-state index in [2.05, 4.69) is 31.9 Å². The van der Waals surface area contributed by atoms with Gasteiger partial charge in [-0.1, -0.05) is 15.9 Å². The molecule has 0 aliphatic heterocycles. The molecular weight excluding hydrogens is 334 g/mol. The highest BCUT2D eigenvalue weighted by atomic mass is 79.9. The molecule has 1 aliphatic rings. The number of hydrogen-bond donors (Lipinski definition) is 0. The Hall–Kier alpha value is -0.270. The second-order valence-corrected chi connectivity index (χ2v) is 5.24. The van der Waals surface area contributed by atoms with Crippen molar-refractivity contribution in [1.29, 1.82) is 0 Å². The minimum absolute atomic E-state index is 0.205. The van der Waals surface area contributed by atoms with Crippen LogP contribution in [0.5, 0.6) is 0 Å². The highest BCUT2D eigenvalue weighted by Gasteiger charge is 2.53. The first kappa shape index (κ1) is 12.8. The third kappa shape index (κ3) is 2.00. The van der Waals surface area contributed by atoms with Crippen molar-refractivity contribution in [2.24, 2.45) is 0 Å². The van der Waals surface area contributed by atoms with Crippen LogP contribution in [0.1, 0.15) is 6.92 Å². The summed E-state index contributed by atoms with van der Waals surface area (Å²) >= 11 is 6.13. The second-order valence-electron chi connectivity index (χ2n) is 3.40. The van der Waals surface area contributed by atoms with E-state index in [9.17, 15) is 14.9 Å². The molecule has 0 aromatic rings. The largest absolute Gasteiger partial charge is 0.372 e. The lowest BCUT2D eigenvalue weighted by Crippen LogP contribution is -2.55. The summed E-state index contributed by atoms with van der Waals surface area (Å²) in [7, 11) is 1.35. The van der Waals surface area contributed by atoms with Gasteiger partial charge in [0.25, 0.3) is 5.54 Å². The molecule has 0 aromatic heterocycles. The van der Waals surface area contributed by atoms with Gasteiger partial charge in [-0.2, -0.15) is 0 Å². The van der Waals surface area contributed by atoms with E-state index in [1.165, 1.54) is 20.1 Å². The van der Waals surface area contributed by atoms with Crippen LogP contribution in [-0.4, -0.2) is 34.3 Å². The van der Waals surface area contributed by atoms with E-state index >= 15 is 0 Å². The minimum atomic E-state index is -1.41. The van der Waals surface area contributed by atoms with E-state index in [0.717, 1.165) is 0 Å². The van der Waals surface area contributed by atoms with Crippen molar-refractivity contribution in [3.8, 4) is 0 Å². The SMILES string of the molecule is COC1C(Br)C(=O)C(Br)=CC1(C)[N+](=O)[O-]. The summed E-state index contributed by atoms with van der Waals surface area (Å²) in [5.74, 6) is -0.249. The van der Waals surface area contributed by atoms with Crippen LogP contribution >= 0.6 is 31.9 Å².